The normalized spacial score (nSPS) is 27.7. The van der Waals surface area contributed by atoms with Crippen molar-refractivity contribution in [2.24, 2.45) is 17.8 Å². The van der Waals surface area contributed by atoms with Gasteiger partial charge in [0.15, 0.2) is 0 Å². The van der Waals surface area contributed by atoms with Gasteiger partial charge in [0.05, 0.1) is 0 Å². The zero-order chi connectivity index (χ0) is 20.4. The van der Waals surface area contributed by atoms with Crippen molar-refractivity contribution < 1.29 is 8.78 Å². The lowest BCUT2D eigenvalue weighted by Crippen LogP contribution is -2.14. The first-order chi connectivity index (χ1) is 14.0. The largest absolute Gasteiger partial charge is 0.206 e. The van der Waals surface area contributed by atoms with Crippen LogP contribution in [0, 0.1) is 29.4 Å². The molecule has 2 fully saturated rings. The Morgan fingerprint density at radius 2 is 1.24 bits per heavy atom. The summed E-state index contributed by atoms with van der Waals surface area (Å²) in [6, 6.07) is 10.8. The summed E-state index contributed by atoms with van der Waals surface area (Å²) < 4.78 is 29.8. The van der Waals surface area contributed by atoms with E-state index >= 15 is 0 Å². The summed E-state index contributed by atoms with van der Waals surface area (Å²) in [6.45, 7) is 4.61. The third kappa shape index (κ3) is 4.90. The van der Waals surface area contributed by atoms with E-state index in [1.165, 1.54) is 38.5 Å². The Balaban J connectivity index is 1.48. The molecule has 0 atom stereocenters. The molecule has 0 amide bonds. The number of hydrogen-bond donors (Lipinski definition) is 0. The molecule has 2 aromatic rings. The van der Waals surface area contributed by atoms with Crippen LogP contribution in [0.2, 0.25) is 0 Å². The van der Waals surface area contributed by atoms with Crippen molar-refractivity contribution in [3.8, 4) is 11.1 Å². The molecule has 0 N–H and O–H groups in total. The van der Waals surface area contributed by atoms with Crippen molar-refractivity contribution in [2.75, 3.05) is 0 Å². The minimum Gasteiger partial charge on any atom is -0.206 e. The molecule has 4 rings (SSSR count). The van der Waals surface area contributed by atoms with E-state index in [-0.39, 0.29) is 11.6 Å². The lowest BCUT2D eigenvalue weighted by atomic mass is 9.79. The number of hydrogen-bond acceptors (Lipinski definition) is 0. The molecule has 0 aliphatic heterocycles. The highest BCUT2D eigenvalue weighted by Crippen LogP contribution is 2.37. The second-order valence-corrected chi connectivity index (χ2v) is 9.84. The first kappa shape index (κ1) is 20.6. The van der Waals surface area contributed by atoms with Crippen LogP contribution >= 0.6 is 0 Å². The lowest BCUT2D eigenvalue weighted by molar-refractivity contribution is 0.289. The molecule has 2 aliphatic carbocycles. The molecule has 0 heterocycles. The van der Waals surface area contributed by atoms with Crippen LogP contribution in [-0.4, -0.2) is 0 Å². The molecule has 0 radical (unpaired) electrons. The van der Waals surface area contributed by atoms with Gasteiger partial charge in [0.25, 0.3) is 0 Å². The topological polar surface area (TPSA) is 0 Å². The van der Waals surface area contributed by atoms with Gasteiger partial charge in [-0.05, 0) is 79.0 Å². The maximum Gasteiger partial charge on any atom is 0.131 e. The number of halogens is 2. The number of rotatable bonds is 4. The highest BCUT2D eigenvalue weighted by atomic mass is 19.1. The Morgan fingerprint density at radius 1 is 0.690 bits per heavy atom. The minimum atomic E-state index is -0.301. The molecule has 2 heteroatoms. The van der Waals surface area contributed by atoms with Gasteiger partial charge in [-0.15, -0.1) is 0 Å². The van der Waals surface area contributed by atoms with Gasteiger partial charge in [0.1, 0.15) is 11.6 Å². The van der Waals surface area contributed by atoms with E-state index in [0.29, 0.717) is 23.0 Å². The average molecular weight is 397 g/mol. The summed E-state index contributed by atoms with van der Waals surface area (Å²) in [6.07, 6.45) is 10.7. The van der Waals surface area contributed by atoms with Crippen LogP contribution in [0.15, 0.2) is 36.4 Å². The van der Waals surface area contributed by atoms with Crippen LogP contribution < -0.4 is 0 Å². The lowest BCUT2D eigenvalue weighted by Gasteiger charge is -2.26. The summed E-state index contributed by atoms with van der Waals surface area (Å²) in [5.41, 5.74) is 2.88. The average Bonchev–Trinajstić information content (AvgIpc) is 2.71. The Bertz CT molecular complexity index is 824. The number of benzene rings is 2. The third-order valence-corrected chi connectivity index (χ3v) is 7.46. The monoisotopic (exact) mass is 396 g/mol. The van der Waals surface area contributed by atoms with Gasteiger partial charge in [-0.2, -0.15) is 0 Å². The molecule has 0 unspecified atom stereocenters. The fourth-order valence-corrected chi connectivity index (χ4v) is 5.37. The smallest absolute Gasteiger partial charge is 0.131 e. The minimum absolute atomic E-state index is 0.297. The van der Waals surface area contributed by atoms with E-state index in [9.17, 15) is 8.78 Å². The van der Waals surface area contributed by atoms with Crippen molar-refractivity contribution in [1.82, 2.24) is 0 Å². The van der Waals surface area contributed by atoms with E-state index in [2.05, 4.69) is 13.8 Å². The highest BCUT2D eigenvalue weighted by Gasteiger charge is 2.22. The van der Waals surface area contributed by atoms with E-state index in [1.807, 2.05) is 12.1 Å². The second-order valence-electron chi connectivity index (χ2n) is 9.84. The molecule has 2 aliphatic rings. The molecule has 0 bridgehead atoms. The quantitative estimate of drug-likeness (QED) is 0.487. The first-order valence-electron chi connectivity index (χ1n) is 11.6. The zero-order valence-corrected chi connectivity index (χ0v) is 17.9. The molecule has 0 nitrogen and oxygen atoms in total. The third-order valence-electron chi connectivity index (χ3n) is 7.46. The van der Waals surface area contributed by atoms with Gasteiger partial charge in [0, 0.05) is 11.1 Å². The van der Waals surface area contributed by atoms with Crippen LogP contribution in [0.4, 0.5) is 8.78 Å². The first-order valence-corrected chi connectivity index (χ1v) is 11.6. The second kappa shape index (κ2) is 8.98. The molecule has 29 heavy (non-hydrogen) atoms. The van der Waals surface area contributed by atoms with E-state index in [4.69, 9.17) is 0 Å². The van der Waals surface area contributed by atoms with Gasteiger partial charge in [-0.1, -0.05) is 63.8 Å². The molecule has 0 aromatic heterocycles. The molecular formula is C27H34F2. The van der Waals surface area contributed by atoms with Gasteiger partial charge in [-0.25, -0.2) is 8.78 Å². The van der Waals surface area contributed by atoms with Gasteiger partial charge in [0.2, 0.25) is 0 Å². The molecule has 0 saturated heterocycles. The summed E-state index contributed by atoms with van der Waals surface area (Å²) >= 11 is 0. The van der Waals surface area contributed by atoms with E-state index in [1.54, 1.807) is 24.3 Å². The van der Waals surface area contributed by atoms with Crippen LogP contribution in [-0.2, 0) is 6.42 Å². The van der Waals surface area contributed by atoms with Crippen LogP contribution in [0.25, 0.3) is 11.1 Å². The van der Waals surface area contributed by atoms with E-state index < -0.39 is 0 Å². The summed E-state index contributed by atoms with van der Waals surface area (Å²) in [5, 5.41) is 0. The highest BCUT2D eigenvalue weighted by molar-refractivity contribution is 5.65. The van der Waals surface area contributed by atoms with Crippen molar-refractivity contribution in [2.45, 2.75) is 77.6 Å². The summed E-state index contributed by atoms with van der Waals surface area (Å²) in [7, 11) is 0. The predicted octanol–water partition coefficient (Wildman–Crippen LogP) is 8.29. The van der Waals surface area contributed by atoms with Crippen LogP contribution in [0.5, 0.6) is 0 Å². The van der Waals surface area contributed by atoms with Crippen molar-refractivity contribution >= 4 is 0 Å². The molecule has 156 valence electrons. The van der Waals surface area contributed by atoms with E-state index in [0.717, 1.165) is 42.2 Å². The van der Waals surface area contributed by atoms with Crippen molar-refractivity contribution in [1.29, 1.82) is 0 Å². The van der Waals surface area contributed by atoms with Crippen molar-refractivity contribution in [3.05, 3.63) is 59.2 Å². The Kier molecular flexibility index (Phi) is 6.37. The Hall–Kier alpha value is -1.70. The fraction of sp³-hybridized carbons (Fsp3) is 0.556. The van der Waals surface area contributed by atoms with Gasteiger partial charge >= 0.3 is 0 Å². The summed E-state index contributed by atoms with van der Waals surface area (Å²) in [4.78, 5) is 0. The molecular weight excluding hydrogens is 362 g/mol. The standard InChI is InChI=1S/C27H34F2/c1-18-3-7-20(8-4-18)15-21-9-13-24(26(28)16-21)25-14-12-23(17-27(25)29)22-10-5-19(2)6-11-22/h9,12-14,16-20,22H,3-8,10-11,15H2,1-2H3. The summed E-state index contributed by atoms with van der Waals surface area (Å²) in [5.74, 6) is 2.11. The van der Waals surface area contributed by atoms with Gasteiger partial charge < -0.3 is 0 Å². The maximum absolute atomic E-state index is 14.9. The van der Waals surface area contributed by atoms with Crippen molar-refractivity contribution in [3.63, 3.8) is 0 Å². The fourth-order valence-electron chi connectivity index (χ4n) is 5.37. The Morgan fingerprint density at radius 3 is 1.83 bits per heavy atom. The van der Waals surface area contributed by atoms with Gasteiger partial charge in [-0.3, -0.25) is 0 Å². The maximum atomic E-state index is 14.9. The van der Waals surface area contributed by atoms with Crippen LogP contribution in [0.3, 0.4) is 0 Å². The van der Waals surface area contributed by atoms with Crippen LogP contribution in [0.1, 0.15) is 82.3 Å². The Labute approximate surface area is 174 Å². The molecule has 0 spiro atoms. The zero-order valence-electron chi connectivity index (χ0n) is 17.9. The molecule has 2 saturated carbocycles. The predicted molar refractivity (Wildman–Crippen MR) is 117 cm³/mol. The molecule has 2 aromatic carbocycles. The SMILES string of the molecule is CC1CCC(Cc2ccc(-c3ccc(C4CCC(C)CC4)cc3F)c(F)c2)CC1.